The molecule has 1 aliphatic carbocycles. The van der Waals surface area contributed by atoms with Crippen LogP contribution in [0.3, 0.4) is 0 Å². The molecule has 0 radical (unpaired) electrons. The molecule has 0 heterocycles. The maximum Gasteiger partial charge on any atom is 0.418 e. The van der Waals surface area contributed by atoms with Crippen LogP contribution >= 0.6 is 0 Å². The van der Waals surface area contributed by atoms with Crippen molar-refractivity contribution in [1.29, 1.82) is 0 Å². The number of benzene rings is 1. The largest absolute Gasteiger partial charge is 0.418 e. The normalized spacial score (nSPS) is 16.7. The first-order valence-corrected chi connectivity index (χ1v) is 7.13. The van der Waals surface area contributed by atoms with Gasteiger partial charge in [-0.15, -0.1) is 0 Å². The van der Waals surface area contributed by atoms with Crippen LogP contribution in [0.4, 0.5) is 24.5 Å². The summed E-state index contributed by atoms with van der Waals surface area (Å²) >= 11 is 0. The minimum absolute atomic E-state index is 0.0209. The second-order valence-electron chi connectivity index (χ2n) is 5.56. The number of alkyl halides is 3. The highest BCUT2D eigenvalue weighted by Crippen LogP contribution is 2.36. The molecule has 116 valence electrons. The van der Waals surface area contributed by atoms with Crippen LogP contribution in [0.5, 0.6) is 0 Å². The zero-order valence-corrected chi connectivity index (χ0v) is 11.7. The molecule has 1 aliphatic rings. The zero-order valence-electron chi connectivity index (χ0n) is 11.7. The number of carbonyl (C=O) groups excluding carboxylic acids is 1. The van der Waals surface area contributed by atoms with E-state index in [1.807, 2.05) is 0 Å². The predicted molar refractivity (Wildman–Crippen MR) is 75.7 cm³/mol. The minimum atomic E-state index is -4.54. The molecule has 0 aromatic heterocycles. The van der Waals surface area contributed by atoms with Crippen LogP contribution in [0.2, 0.25) is 0 Å². The molecule has 3 N–H and O–H groups in total. The Morgan fingerprint density at radius 2 is 1.90 bits per heavy atom. The number of nitrogens with two attached hydrogens (primary N) is 1. The van der Waals surface area contributed by atoms with E-state index in [0.717, 1.165) is 31.7 Å². The molecule has 2 rings (SSSR count). The van der Waals surface area contributed by atoms with E-state index >= 15 is 0 Å². The van der Waals surface area contributed by atoms with Gasteiger partial charge in [-0.2, -0.15) is 13.2 Å². The lowest BCUT2D eigenvalue weighted by Gasteiger charge is -2.21. The lowest BCUT2D eigenvalue weighted by Crippen LogP contribution is -2.20. The van der Waals surface area contributed by atoms with Gasteiger partial charge in [0, 0.05) is 12.1 Å². The molecule has 1 aromatic rings. The van der Waals surface area contributed by atoms with Gasteiger partial charge in [-0.25, -0.2) is 0 Å². The third-order valence-corrected chi connectivity index (χ3v) is 3.82. The van der Waals surface area contributed by atoms with Crippen molar-refractivity contribution in [1.82, 2.24) is 0 Å². The SMILES string of the molecule is Nc1ccc(NC(=O)CC2CCCCC2)c(C(F)(F)F)c1. The quantitative estimate of drug-likeness (QED) is 0.822. The predicted octanol–water partition coefficient (Wildman–Crippen LogP) is 4.20. The molecule has 1 saturated carbocycles. The molecule has 0 saturated heterocycles. The Morgan fingerprint density at radius 1 is 1.24 bits per heavy atom. The number of nitrogens with one attached hydrogen (secondary N) is 1. The third-order valence-electron chi connectivity index (χ3n) is 3.82. The molecule has 0 bridgehead atoms. The molecular formula is C15H19F3N2O. The highest BCUT2D eigenvalue weighted by molar-refractivity contribution is 5.92. The van der Waals surface area contributed by atoms with E-state index in [1.54, 1.807) is 0 Å². The van der Waals surface area contributed by atoms with Crippen LogP contribution in [-0.4, -0.2) is 5.91 Å². The van der Waals surface area contributed by atoms with E-state index in [-0.39, 0.29) is 29.6 Å². The van der Waals surface area contributed by atoms with Crippen LogP contribution in [0.25, 0.3) is 0 Å². The number of amides is 1. The summed E-state index contributed by atoms with van der Waals surface area (Å²) in [6.07, 6.45) is 1.04. The number of carbonyl (C=O) groups is 1. The van der Waals surface area contributed by atoms with Crippen LogP contribution in [0, 0.1) is 5.92 Å². The van der Waals surface area contributed by atoms with E-state index in [2.05, 4.69) is 5.32 Å². The van der Waals surface area contributed by atoms with Gasteiger partial charge >= 0.3 is 6.18 Å². The number of anilines is 2. The van der Waals surface area contributed by atoms with Crippen molar-refractivity contribution in [3.63, 3.8) is 0 Å². The fraction of sp³-hybridized carbons (Fsp3) is 0.533. The van der Waals surface area contributed by atoms with Crippen LogP contribution < -0.4 is 11.1 Å². The highest BCUT2D eigenvalue weighted by Gasteiger charge is 2.34. The summed E-state index contributed by atoms with van der Waals surface area (Å²) in [5.41, 5.74) is 4.28. The molecule has 0 unspecified atom stereocenters. The van der Waals surface area contributed by atoms with E-state index in [4.69, 9.17) is 5.73 Å². The summed E-state index contributed by atoms with van der Waals surface area (Å²) in [5, 5.41) is 2.38. The van der Waals surface area contributed by atoms with Gasteiger partial charge in [-0.1, -0.05) is 19.3 Å². The second-order valence-corrected chi connectivity index (χ2v) is 5.56. The van der Waals surface area contributed by atoms with Gasteiger partial charge in [-0.05, 0) is 37.0 Å². The van der Waals surface area contributed by atoms with Gasteiger partial charge in [0.05, 0.1) is 11.3 Å². The lowest BCUT2D eigenvalue weighted by molar-refractivity contribution is -0.136. The van der Waals surface area contributed by atoms with Crippen molar-refractivity contribution in [2.45, 2.75) is 44.7 Å². The fourth-order valence-corrected chi connectivity index (χ4v) is 2.76. The van der Waals surface area contributed by atoms with Gasteiger partial charge in [0.2, 0.25) is 5.91 Å². The van der Waals surface area contributed by atoms with E-state index in [1.165, 1.54) is 18.6 Å². The maximum atomic E-state index is 12.9. The molecule has 21 heavy (non-hydrogen) atoms. The molecule has 1 amide bonds. The molecule has 0 aliphatic heterocycles. The van der Waals surface area contributed by atoms with Crippen LogP contribution in [-0.2, 0) is 11.0 Å². The molecule has 1 aromatic carbocycles. The summed E-state index contributed by atoms with van der Waals surface area (Å²) < 4.78 is 38.8. The Morgan fingerprint density at radius 3 is 2.52 bits per heavy atom. The Balaban J connectivity index is 2.06. The molecule has 3 nitrogen and oxygen atoms in total. The summed E-state index contributed by atoms with van der Waals surface area (Å²) in [4.78, 5) is 11.9. The first-order chi connectivity index (χ1) is 9.86. The van der Waals surface area contributed by atoms with Crippen molar-refractivity contribution in [3.05, 3.63) is 23.8 Å². The van der Waals surface area contributed by atoms with E-state index < -0.39 is 11.7 Å². The van der Waals surface area contributed by atoms with Gasteiger partial charge in [-0.3, -0.25) is 4.79 Å². The lowest BCUT2D eigenvalue weighted by atomic mass is 9.87. The number of rotatable bonds is 3. The van der Waals surface area contributed by atoms with Crippen LogP contribution in [0.15, 0.2) is 18.2 Å². The van der Waals surface area contributed by atoms with Crippen molar-refractivity contribution in [2.75, 3.05) is 11.1 Å². The first kappa shape index (κ1) is 15.7. The Bertz CT molecular complexity index is 508. The van der Waals surface area contributed by atoms with Gasteiger partial charge in [0.25, 0.3) is 0 Å². The second kappa shape index (κ2) is 6.37. The number of nitrogen functional groups attached to an aromatic ring is 1. The van der Waals surface area contributed by atoms with Gasteiger partial charge < -0.3 is 11.1 Å². The number of halogens is 3. The standard InChI is InChI=1S/C15H19F3N2O/c16-15(17,18)12-9-11(19)6-7-13(12)20-14(21)8-10-4-2-1-3-5-10/h6-7,9-10H,1-5,8,19H2,(H,20,21). The zero-order chi connectivity index (χ0) is 15.5. The molecule has 6 heteroatoms. The Kier molecular flexibility index (Phi) is 4.75. The van der Waals surface area contributed by atoms with Crippen molar-refractivity contribution >= 4 is 17.3 Å². The van der Waals surface area contributed by atoms with E-state index in [0.29, 0.717) is 0 Å². The summed E-state index contributed by atoms with van der Waals surface area (Å²) in [6.45, 7) is 0. The fourth-order valence-electron chi connectivity index (χ4n) is 2.76. The number of hydrogen-bond acceptors (Lipinski definition) is 2. The first-order valence-electron chi connectivity index (χ1n) is 7.13. The Labute approximate surface area is 121 Å². The van der Waals surface area contributed by atoms with Crippen molar-refractivity contribution < 1.29 is 18.0 Å². The molecule has 1 fully saturated rings. The highest BCUT2D eigenvalue weighted by atomic mass is 19.4. The molecule has 0 spiro atoms. The van der Waals surface area contributed by atoms with Gasteiger partial charge in [0.1, 0.15) is 0 Å². The molecular weight excluding hydrogens is 281 g/mol. The topological polar surface area (TPSA) is 55.1 Å². The average Bonchev–Trinajstić information content (AvgIpc) is 2.40. The maximum absolute atomic E-state index is 12.9. The average molecular weight is 300 g/mol. The number of hydrogen-bond donors (Lipinski definition) is 2. The summed E-state index contributed by atoms with van der Waals surface area (Å²) in [7, 11) is 0. The van der Waals surface area contributed by atoms with Crippen LogP contribution in [0.1, 0.15) is 44.1 Å². The summed E-state index contributed by atoms with van der Waals surface area (Å²) in [6, 6.07) is 3.40. The minimum Gasteiger partial charge on any atom is -0.399 e. The smallest absolute Gasteiger partial charge is 0.399 e. The van der Waals surface area contributed by atoms with E-state index in [9.17, 15) is 18.0 Å². The Hall–Kier alpha value is -1.72. The summed E-state index contributed by atoms with van der Waals surface area (Å²) in [5.74, 6) is -0.0842. The van der Waals surface area contributed by atoms with Crippen molar-refractivity contribution in [2.24, 2.45) is 5.92 Å². The monoisotopic (exact) mass is 300 g/mol. The molecule has 0 atom stereocenters. The third kappa shape index (κ3) is 4.37. The van der Waals surface area contributed by atoms with Gasteiger partial charge in [0.15, 0.2) is 0 Å². The van der Waals surface area contributed by atoms with Crippen molar-refractivity contribution in [3.8, 4) is 0 Å².